The van der Waals surface area contributed by atoms with E-state index in [1.165, 1.54) is 12.7 Å². The Hall–Kier alpha value is -2.59. The van der Waals surface area contributed by atoms with Gasteiger partial charge in [0.05, 0.1) is 19.0 Å². The summed E-state index contributed by atoms with van der Waals surface area (Å²) in [5.74, 6) is 0.869. The number of rotatable bonds is 6. The Kier molecular flexibility index (Phi) is 5.46. The highest BCUT2D eigenvalue weighted by molar-refractivity contribution is 5.83. The van der Waals surface area contributed by atoms with Crippen LogP contribution in [0.2, 0.25) is 0 Å². The third kappa shape index (κ3) is 3.58. The van der Waals surface area contributed by atoms with E-state index in [0.29, 0.717) is 22.9 Å². The largest absolute Gasteiger partial charge is 0.394 e. The van der Waals surface area contributed by atoms with Gasteiger partial charge in [0.25, 0.3) is 0 Å². The zero-order chi connectivity index (χ0) is 20.5. The number of aliphatic hydroxyl groups is 3. The molecule has 0 spiro atoms. The minimum Gasteiger partial charge on any atom is -0.394 e. The van der Waals surface area contributed by atoms with Gasteiger partial charge in [-0.25, -0.2) is 15.0 Å². The summed E-state index contributed by atoms with van der Waals surface area (Å²) >= 11 is 0. The molecular weight excluding hydrogens is 374 g/mol. The van der Waals surface area contributed by atoms with Gasteiger partial charge in [-0.2, -0.15) is 0 Å². The van der Waals surface area contributed by atoms with Crippen molar-refractivity contribution in [2.75, 3.05) is 11.9 Å². The summed E-state index contributed by atoms with van der Waals surface area (Å²) in [6, 6.07) is 10.1. The molecule has 0 aliphatic carbocycles. The van der Waals surface area contributed by atoms with E-state index in [-0.39, 0.29) is 6.04 Å². The van der Waals surface area contributed by atoms with Crippen LogP contribution in [0.4, 0.5) is 5.82 Å². The highest BCUT2D eigenvalue weighted by Crippen LogP contribution is 2.33. The Morgan fingerprint density at radius 1 is 1.10 bits per heavy atom. The molecule has 1 aliphatic heterocycles. The first-order valence-electron chi connectivity index (χ1n) is 9.62. The molecule has 3 heterocycles. The number of nitrogens with one attached hydrogen (secondary N) is 1. The van der Waals surface area contributed by atoms with Gasteiger partial charge in [0, 0.05) is 0 Å². The molecule has 9 heteroatoms. The van der Waals surface area contributed by atoms with Crippen molar-refractivity contribution in [3.8, 4) is 0 Å². The van der Waals surface area contributed by atoms with Gasteiger partial charge >= 0.3 is 0 Å². The van der Waals surface area contributed by atoms with Crippen LogP contribution in [0, 0.1) is 5.92 Å². The van der Waals surface area contributed by atoms with E-state index < -0.39 is 31.1 Å². The van der Waals surface area contributed by atoms with Crippen LogP contribution in [-0.2, 0) is 4.74 Å². The van der Waals surface area contributed by atoms with Crippen LogP contribution in [0.1, 0.15) is 31.7 Å². The number of hydrogen-bond acceptors (Lipinski definition) is 8. The summed E-state index contributed by atoms with van der Waals surface area (Å²) in [5, 5.41) is 33.2. The Bertz CT molecular complexity index is 964. The molecule has 0 amide bonds. The van der Waals surface area contributed by atoms with E-state index in [9.17, 15) is 15.3 Å². The molecule has 2 aromatic heterocycles. The quantitative estimate of drug-likeness (QED) is 0.488. The van der Waals surface area contributed by atoms with E-state index in [2.05, 4.69) is 46.2 Å². The first kappa shape index (κ1) is 19.7. The molecule has 3 aromatic rings. The maximum atomic E-state index is 10.3. The molecule has 154 valence electrons. The summed E-state index contributed by atoms with van der Waals surface area (Å²) in [6.07, 6.45) is -1.24. The second-order valence-electron chi connectivity index (χ2n) is 7.55. The fourth-order valence-corrected chi connectivity index (χ4v) is 3.70. The van der Waals surface area contributed by atoms with Crippen molar-refractivity contribution in [3.63, 3.8) is 0 Å². The number of aliphatic hydroxyl groups excluding tert-OH is 3. The topological polar surface area (TPSA) is 126 Å². The van der Waals surface area contributed by atoms with Gasteiger partial charge in [0.1, 0.15) is 24.6 Å². The molecule has 4 N–H and O–H groups in total. The molecule has 4 rings (SSSR count). The SMILES string of the molecule is CC(C)C(Nc1ncnc2c1ncn2[C@@H]1O[C@H](CO)[C@H](O)C1O)c1ccccc1. The van der Waals surface area contributed by atoms with Gasteiger partial charge in [-0.1, -0.05) is 44.2 Å². The molecule has 29 heavy (non-hydrogen) atoms. The fraction of sp³-hybridized carbons (Fsp3) is 0.450. The summed E-state index contributed by atoms with van der Waals surface area (Å²) in [4.78, 5) is 13.1. The number of imidazole rings is 1. The van der Waals surface area contributed by atoms with E-state index in [4.69, 9.17) is 4.74 Å². The number of aromatic nitrogens is 4. The Morgan fingerprint density at radius 3 is 2.52 bits per heavy atom. The van der Waals surface area contributed by atoms with Gasteiger partial charge in [-0.05, 0) is 11.5 Å². The highest BCUT2D eigenvalue weighted by atomic mass is 16.6. The second-order valence-corrected chi connectivity index (χ2v) is 7.55. The maximum absolute atomic E-state index is 10.3. The van der Waals surface area contributed by atoms with Crippen molar-refractivity contribution in [2.45, 2.75) is 44.4 Å². The third-order valence-electron chi connectivity index (χ3n) is 5.27. The zero-order valence-electron chi connectivity index (χ0n) is 16.3. The predicted molar refractivity (Wildman–Crippen MR) is 106 cm³/mol. The molecule has 0 radical (unpaired) electrons. The van der Waals surface area contributed by atoms with Crippen molar-refractivity contribution >= 4 is 17.0 Å². The smallest absolute Gasteiger partial charge is 0.167 e. The van der Waals surface area contributed by atoms with Crippen LogP contribution in [0.3, 0.4) is 0 Å². The first-order chi connectivity index (χ1) is 14.0. The molecule has 1 aliphatic rings. The van der Waals surface area contributed by atoms with Crippen LogP contribution >= 0.6 is 0 Å². The fourth-order valence-electron chi connectivity index (χ4n) is 3.70. The van der Waals surface area contributed by atoms with Crippen molar-refractivity contribution < 1.29 is 20.1 Å². The van der Waals surface area contributed by atoms with Gasteiger partial charge in [0.2, 0.25) is 0 Å². The molecule has 0 bridgehead atoms. The van der Waals surface area contributed by atoms with E-state index in [0.717, 1.165) is 5.56 Å². The summed E-state index contributed by atoms with van der Waals surface area (Å²) in [6.45, 7) is 3.86. The van der Waals surface area contributed by atoms with Crippen molar-refractivity contribution in [1.29, 1.82) is 0 Å². The highest BCUT2D eigenvalue weighted by Gasteiger charge is 2.44. The lowest BCUT2D eigenvalue weighted by Crippen LogP contribution is -2.33. The first-order valence-corrected chi connectivity index (χ1v) is 9.62. The van der Waals surface area contributed by atoms with E-state index in [1.807, 2.05) is 18.2 Å². The Labute approximate surface area is 168 Å². The normalized spacial score (nSPS) is 25.6. The van der Waals surface area contributed by atoms with Gasteiger partial charge < -0.3 is 25.4 Å². The molecule has 1 fully saturated rings. The Morgan fingerprint density at radius 2 is 1.86 bits per heavy atom. The average molecular weight is 399 g/mol. The number of hydrogen-bond donors (Lipinski definition) is 4. The number of benzene rings is 1. The molecule has 2 unspecified atom stereocenters. The van der Waals surface area contributed by atoms with Gasteiger partial charge in [-0.15, -0.1) is 0 Å². The monoisotopic (exact) mass is 399 g/mol. The van der Waals surface area contributed by atoms with Crippen molar-refractivity contribution in [1.82, 2.24) is 19.5 Å². The minimum atomic E-state index is -1.20. The third-order valence-corrected chi connectivity index (χ3v) is 5.27. The van der Waals surface area contributed by atoms with E-state index in [1.54, 1.807) is 4.57 Å². The molecular formula is C20H25N5O4. The average Bonchev–Trinajstić information content (AvgIpc) is 3.28. The molecule has 1 aromatic carbocycles. The lowest BCUT2D eigenvalue weighted by molar-refractivity contribution is -0.0511. The minimum absolute atomic E-state index is 0.0216. The van der Waals surface area contributed by atoms with E-state index >= 15 is 0 Å². The lowest BCUT2D eigenvalue weighted by Gasteiger charge is -2.23. The predicted octanol–water partition coefficient (Wildman–Crippen LogP) is 1.25. The lowest BCUT2D eigenvalue weighted by atomic mass is 9.96. The standard InChI is InChI=1S/C20H25N5O4/c1-11(2)14(12-6-4-3-5-7-12)24-18-15-19(22-9-21-18)25(10-23-15)20-17(28)16(27)13(8-26)29-20/h3-7,9-11,13-14,16-17,20,26-28H,8H2,1-2H3,(H,21,22,24)/t13-,14?,16+,17?,20-/m1/s1. The molecule has 5 atom stereocenters. The summed E-state index contributed by atoms with van der Waals surface area (Å²) in [5.41, 5.74) is 2.14. The van der Waals surface area contributed by atoms with Crippen LogP contribution in [0.15, 0.2) is 43.0 Å². The molecule has 9 nitrogen and oxygen atoms in total. The van der Waals surface area contributed by atoms with Crippen molar-refractivity contribution in [2.24, 2.45) is 5.92 Å². The van der Waals surface area contributed by atoms with Crippen LogP contribution in [-0.4, -0.2) is 59.8 Å². The Balaban J connectivity index is 1.68. The van der Waals surface area contributed by atoms with Gasteiger partial charge in [-0.3, -0.25) is 4.57 Å². The van der Waals surface area contributed by atoms with Crippen molar-refractivity contribution in [3.05, 3.63) is 48.5 Å². The number of nitrogens with zero attached hydrogens (tertiary/aromatic N) is 4. The van der Waals surface area contributed by atoms with Crippen LogP contribution in [0.25, 0.3) is 11.2 Å². The molecule has 0 saturated carbocycles. The van der Waals surface area contributed by atoms with Crippen LogP contribution in [0.5, 0.6) is 0 Å². The second kappa shape index (κ2) is 8.03. The molecule has 1 saturated heterocycles. The van der Waals surface area contributed by atoms with Crippen LogP contribution < -0.4 is 5.32 Å². The maximum Gasteiger partial charge on any atom is 0.167 e. The number of anilines is 1. The summed E-state index contributed by atoms with van der Waals surface area (Å²) < 4.78 is 7.16. The summed E-state index contributed by atoms with van der Waals surface area (Å²) in [7, 11) is 0. The zero-order valence-corrected chi connectivity index (χ0v) is 16.3. The number of ether oxygens (including phenoxy) is 1. The van der Waals surface area contributed by atoms with Gasteiger partial charge in [0.15, 0.2) is 23.2 Å². The number of fused-ring (bicyclic) bond motifs is 1.